The summed E-state index contributed by atoms with van der Waals surface area (Å²) >= 11 is 1.71. The van der Waals surface area contributed by atoms with Crippen molar-refractivity contribution >= 4 is 33.7 Å². The normalized spacial score (nSPS) is 11.3. The van der Waals surface area contributed by atoms with Gasteiger partial charge in [0.1, 0.15) is 11.4 Å². The fourth-order valence-electron chi connectivity index (χ4n) is 2.82. The highest BCUT2D eigenvalue weighted by molar-refractivity contribution is 7.99. The van der Waals surface area contributed by atoms with Gasteiger partial charge < -0.3 is 4.98 Å². The highest BCUT2D eigenvalue weighted by Gasteiger charge is 2.07. The van der Waals surface area contributed by atoms with E-state index in [-0.39, 0.29) is 5.69 Å². The van der Waals surface area contributed by atoms with E-state index in [0.29, 0.717) is 6.54 Å². The number of fused-ring (bicyclic) bond motifs is 2. The molecule has 0 spiro atoms. The van der Waals surface area contributed by atoms with Crippen LogP contribution in [0.5, 0.6) is 0 Å². The molecular formula is C18H16N4OS. The monoisotopic (exact) mass is 336 g/mol. The molecule has 0 aliphatic heterocycles. The molecule has 6 heteroatoms. The number of nitrogens with zero attached hydrogens (tertiary/aromatic N) is 3. The first-order valence-corrected chi connectivity index (χ1v) is 8.81. The first kappa shape index (κ1) is 15.0. The lowest BCUT2D eigenvalue weighted by molar-refractivity contribution is 0.679. The molecule has 2 aromatic heterocycles. The zero-order valence-corrected chi connectivity index (χ0v) is 13.8. The van der Waals surface area contributed by atoms with Gasteiger partial charge in [-0.2, -0.15) is 0 Å². The van der Waals surface area contributed by atoms with Crippen molar-refractivity contribution in [1.29, 1.82) is 0 Å². The third-order valence-electron chi connectivity index (χ3n) is 3.95. The molecule has 5 nitrogen and oxygen atoms in total. The van der Waals surface area contributed by atoms with Crippen molar-refractivity contribution in [2.24, 2.45) is 0 Å². The highest BCUT2D eigenvalue weighted by Crippen LogP contribution is 2.24. The highest BCUT2D eigenvalue weighted by atomic mass is 32.2. The van der Waals surface area contributed by atoms with Gasteiger partial charge >= 0.3 is 5.69 Å². The number of imidazole rings is 1. The summed E-state index contributed by atoms with van der Waals surface area (Å²) in [5.74, 6) is 0.896. The average molecular weight is 336 g/mol. The molecular weight excluding hydrogens is 320 g/mol. The van der Waals surface area contributed by atoms with Crippen LogP contribution in [-0.4, -0.2) is 25.3 Å². The van der Waals surface area contributed by atoms with E-state index in [1.165, 1.54) is 0 Å². The summed E-state index contributed by atoms with van der Waals surface area (Å²) in [5, 5.41) is 2.07. The van der Waals surface area contributed by atoms with Gasteiger partial charge in [-0.15, -0.1) is 11.8 Å². The molecule has 2 heterocycles. The molecule has 0 radical (unpaired) electrons. The van der Waals surface area contributed by atoms with Crippen molar-refractivity contribution in [3.8, 4) is 0 Å². The van der Waals surface area contributed by atoms with Gasteiger partial charge in [-0.1, -0.05) is 30.3 Å². The number of hydrogen-bond donors (Lipinski definition) is 1. The molecule has 1 N–H and O–H groups in total. The molecule has 120 valence electrons. The summed E-state index contributed by atoms with van der Waals surface area (Å²) in [5.41, 5.74) is 2.76. The molecule has 0 saturated carbocycles. The zero-order valence-electron chi connectivity index (χ0n) is 13.0. The molecule has 0 atom stereocenters. The van der Waals surface area contributed by atoms with E-state index in [4.69, 9.17) is 0 Å². The SMILES string of the molecule is O=c1[nH]c2ccccc2n1CCCSc1ncnc2ccccc12. The predicted octanol–water partition coefficient (Wildman–Crippen LogP) is 3.46. The van der Waals surface area contributed by atoms with Crippen LogP contribution in [0.2, 0.25) is 0 Å². The Morgan fingerprint density at radius 1 is 1.04 bits per heavy atom. The van der Waals surface area contributed by atoms with Crippen molar-refractivity contribution in [3.05, 3.63) is 65.3 Å². The molecule has 0 bridgehead atoms. The molecule has 4 aromatic rings. The van der Waals surface area contributed by atoms with Crippen LogP contribution >= 0.6 is 11.8 Å². The van der Waals surface area contributed by atoms with E-state index >= 15 is 0 Å². The van der Waals surface area contributed by atoms with Gasteiger partial charge in [-0.3, -0.25) is 4.57 Å². The van der Waals surface area contributed by atoms with Gasteiger partial charge in [-0.05, 0) is 24.6 Å². The van der Waals surface area contributed by atoms with E-state index in [0.717, 1.165) is 39.1 Å². The van der Waals surface area contributed by atoms with E-state index in [2.05, 4.69) is 15.0 Å². The largest absolute Gasteiger partial charge is 0.326 e. The second-order valence-electron chi connectivity index (χ2n) is 5.50. The van der Waals surface area contributed by atoms with E-state index in [1.54, 1.807) is 22.7 Å². The first-order valence-electron chi connectivity index (χ1n) is 7.83. The number of thioether (sulfide) groups is 1. The number of hydrogen-bond acceptors (Lipinski definition) is 4. The molecule has 0 fully saturated rings. The summed E-state index contributed by atoms with van der Waals surface area (Å²) in [4.78, 5) is 23.6. The van der Waals surface area contributed by atoms with Crippen molar-refractivity contribution in [3.63, 3.8) is 0 Å². The predicted molar refractivity (Wildman–Crippen MR) is 97.4 cm³/mol. The fraction of sp³-hybridized carbons (Fsp3) is 0.167. The second-order valence-corrected chi connectivity index (χ2v) is 6.58. The number of aryl methyl sites for hydroxylation is 1. The summed E-state index contributed by atoms with van der Waals surface area (Å²) in [6, 6.07) is 15.8. The Balaban J connectivity index is 1.46. The Labute approximate surface area is 142 Å². The molecule has 0 saturated heterocycles. The number of aromatic amines is 1. The van der Waals surface area contributed by atoms with E-state index in [1.807, 2.05) is 48.5 Å². The molecule has 0 unspecified atom stereocenters. The summed E-state index contributed by atoms with van der Waals surface area (Å²) < 4.78 is 1.80. The quantitative estimate of drug-likeness (QED) is 0.344. The Hall–Kier alpha value is -2.60. The maximum atomic E-state index is 12.1. The minimum absolute atomic E-state index is 0.0475. The van der Waals surface area contributed by atoms with Crippen LogP contribution in [0.4, 0.5) is 0 Å². The van der Waals surface area contributed by atoms with Crippen LogP contribution in [0.1, 0.15) is 6.42 Å². The molecule has 2 aromatic carbocycles. The number of H-pyrrole nitrogens is 1. The summed E-state index contributed by atoms with van der Waals surface area (Å²) in [7, 11) is 0. The number of benzene rings is 2. The molecule has 24 heavy (non-hydrogen) atoms. The van der Waals surface area contributed by atoms with E-state index in [9.17, 15) is 4.79 Å². The van der Waals surface area contributed by atoms with Gasteiger partial charge in [0.05, 0.1) is 16.6 Å². The lowest BCUT2D eigenvalue weighted by atomic mass is 10.2. The maximum absolute atomic E-state index is 12.1. The zero-order chi connectivity index (χ0) is 16.4. The van der Waals surface area contributed by atoms with Crippen LogP contribution in [-0.2, 0) is 6.54 Å². The lowest BCUT2D eigenvalue weighted by Gasteiger charge is -2.05. The van der Waals surface area contributed by atoms with Crippen molar-refractivity contribution < 1.29 is 0 Å². The van der Waals surface area contributed by atoms with Crippen molar-refractivity contribution in [2.45, 2.75) is 18.0 Å². The summed E-state index contributed by atoms with van der Waals surface area (Å²) in [6.07, 6.45) is 2.50. The average Bonchev–Trinajstić information content (AvgIpc) is 2.94. The van der Waals surface area contributed by atoms with Gasteiger partial charge in [0.25, 0.3) is 0 Å². The standard InChI is InChI=1S/C18H16N4OS/c23-18-21-15-8-3-4-9-16(15)22(18)10-5-11-24-17-13-6-1-2-7-14(13)19-12-20-17/h1-4,6-9,12H,5,10-11H2,(H,21,23). The smallest absolute Gasteiger partial charge is 0.306 e. The van der Waals surface area contributed by atoms with Crippen LogP contribution in [0, 0.1) is 0 Å². The Bertz CT molecular complexity index is 1050. The van der Waals surface area contributed by atoms with Gasteiger partial charge in [0.15, 0.2) is 0 Å². The molecule has 0 aliphatic carbocycles. The third-order valence-corrected chi connectivity index (χ3v) is 5.04. The molecule has 4 rings (SSSR count). The lowest BCUT2D eigenvalue weighted by Crippen LogP contribution is -2.17. The molecule has 0 aliphatic rings. The minimum Gasteiger partial charge on any atom is -0.306 e. The maximum Gasteiger partial charge on any atom is 0.326 e. The fourth-order valence-corrected chi connectivity index (χ4v) is 3.73. The second kappa shape index (κ2) is 6.49. The number of para-hydroxylation sites is 3. The minimum atomic E-state index is -0.0475. The van der Waals surface area contributed by atoms with Crippen LogP contribution in [0.15, 0.2) is 64.7 Å². The van der Waals surface area contributed by atoms with Crippen LogP contribution < -0.4 is 5.69 Å². The molecule has 0 amide bonds. The third kappa shape index (κ3) is 2.80. The summed E-state index contributed by atoms with van der Waals surface area (Å²) in [6.45, 7) is 0.693. The van der Waals surface area contributed by atoms with Crippen LogP contribution in [0.25, 0.3) is 21.9 Å². The van der Waals surface area contributed by atoms with Gasteiger partial charge in [-0.25, -0.2) is 14.8 Å². The van der Waals surface area contributed by atoms with Crippen molar-refractivity contribution in [1.82, 2.24) is 19.5 Å². The Morgan fingerprint density at radius 2 is 1.88 bits per heavy atom. The Kier molecular flexibility index (Phi) is 4.04. The van der Waals surface area contributed by atoms with Gasteiger partial charge in [0, 0.05) is 17.7 Å². The number of rotatable bonds is 5. The van der Waals surface area contributed by atoms with Crippen LogP contribution in [0.3, 0.4) is 0 Å². The first-order chi connectivity index (χ1) is 11.8. The number of nitrogens with one attached hydrogen (secondary N) is 1. The number of aromatic nitrogens is 4. The van der Waals surface area contributed by atoms with Gasteiger partial charge in [0.2, 0.25) is 0 Å². The topological polar surface area (TPSA) is 63.6 Å². The van der Waals surface area contributed by atoms with Crippen molar-refractivity contribution in [2.75, 3.05) is 5.75 Å². The van der Waals surface area contributed by atoms with E-state index < -0.39 is 0 Å². The Morgan fingerprint density at radius 3 is 2.83 bits per heavy atom.